The third-order valence-corrected chi connectivity index (χ3v) is 13.0. The molecule has 0 aliphatic carbocycles. The van der Waals surface area contributed by atoms with Crippen molar-refractivity contribution in [3.8, 4) is 0 Å². The number of amides is 2. The van der Waals surface area contributed by atoms with E-state index in [1.54, 1.807) is 4.68 Å². The van der Waals surface area contributed by atoms with Crippen LogP contribution in [0.5, 0.6) is 0 Å². The van der Waals surface area contributed by atoms with Gasteiger partial charge in [-0.05, 0) is 68.3 Å². The zero-order chi connectivity index (χ0) is 32.6. The molecule has 3 aromatic rings. The van der Waals surface area contributed by atoms with Crippen LogP contribution in [-0.2, 0) is 39.4 Å². The first kappa shape index (κ1) is 33.0. The fourth-order valence-electron chi connectivity index (χ4n) is 7.81. The van der Waals surface area contributed by atoms with Crippen LogP contribution in [-0.4, -0.2) is 64.3 Å². The minimum atomic E-state index is -2.80. The summed E-state index contributed by atoms with van der Waals surface area (Å²) in [6, 6.07) is 13.9. The predicted octanol–water partition coefficient (Wildman–Crippen LogP) is 5.31. The maximum Gasteiger partial charge on any atom is 0.264 e. The molecule has 2 amide bonds. The van der Waals surface area contributed by atoms with Gasteiger partial charge in [-0.25, -0.2) is 0 Å². The first-order chi connectivity index (χ1) is 22.0. The normalized spacial score (nSPS) is 25.3. The lowest BCUT2D eigenvalue weighted by molar-refractivity contribution is -0.146. The molecule has 2 aromatic carbocycles. The molecule has 3 aliphatic rings. The molecule has 12 heteroatoms. The van der Waals surface area contributed by atoms with Crippen molar-refractivity contribution in [2.75, 3.05) is 23.0 Å². The number of carbonyl (C=O) groups excluding carboxylic acids is 2. The molecule has 246 valence electrons. The number of carbonyl (C=O) groups is 2. The Balaban J connectivity index is 1.28. The van der Waals surface area contributed by atoms with Gasteiger partial charge in [0.2, 0.25) is 5.91 Å². The number of benzene rings is 2. The second-order valence-electron chi connectivity index (χ2n) is 13.5. The molecular formula is C34H44BrN5O5Si. The van der Waals surface area contributed by atoms with Crippen LogP contribution >= 0.6 is 15.9 Å². The summed E-state index contributed by atoms with van der Waals surface area (Å²) in [5, 5.41) is 17.6. The number of rotatable bonds is 9. The van der Waals surface area contributed by atoms with Crippen LogP contribution in [0.15, 0.2) is 53.1 Å². The highest BCUT2D eigenvalue weighted by atomic mass is 79.9. The molecule has 0 bridgehead atoms. The van der Waals surface area contributed by atoms with Crippen molar-refractivity contribution in [2.24, 2.45) is 5.92 Å². The zero-order valence-corrected chi connectivity index (χ0v) is 29.4. The van der Waals surface area contributed by atoms with Crippen molar-refractivity contribution in [2.45, 2.75) is 95.3 Å². The van der Waals surface area contributed by atoms with Crippen LogP contribution < -0.4 is 9.80 Å². The standard InChI is InChI=1S/C34H44BrN5O5Si/c1-23-32(46(2,3)44)30(15-18-38-22-26(16-19-41)36-37-38)45-34(23)28-20-25(35)11-14-29(28)40(33(34)43)21-24-9-12-27(13-10-24)39-17-7-5-4-6-8-31(39)42/h9-14,20,22-23,30,32,41,44H,4-8,15-19,21H2,1-3H3/t23-,30+,32-,34+/m1/s1. The fraction of sp³-hybridized carbons (Fsp3) is 0.529. The van der Waals surface area contributed by atoms with Crippen molar-refractivity contribution in [1.82, 2.24) is 15.0 Å². The van der Waals surface area contributed by atoms with Gasteiger partial charge >= 0.3 is 0 Å². The highest BCUT2D eigenvalue weighted by Crippen LogP contribution is 2.60. The van der Waals surface area contributed by atoms with Crippen LogP contribution in [0.4, 0.5) is 11.4 Å². The molecule has 2 fully saturated rings. The van der Waals surface area contributed by atoms with Crippen molar-refractivity contribution in [1.29, 1.82) is 0 Å². The predicted molar refractivity (Wildman–Crippen MR) is 182 cm³/mol. The van der Waals surface area contributed by atoms with Gasteiger partial charge in [-0.2, -0.15) is 0 Å². The average Bonchev–Trinajstić information content (AvgIpc) is 3.65. The van der Waals surface area contributed by atoms with E-state index in [2.05, 4.69) is 26.2 Å². The number of hydrogen-bond acceptors (Lipinski definition) is 7. The number of aryl methyl sites for hydroxylation is 1. The Labute approximate surface area is 280 Å². The van der Waals surface area contributed by atoms with E-state index in [4.69, 9.17) is 4.74 Å². The Morgan fingerprint density at radius 2 is 1.85 bits per heavy atom. The first-order valence-electron chi connectivity index (χ1n) is 16.4. The Morgan fingerprint density at radius 3 is 2.59 bits per heavy atom. The number of nitrogens with zero attached hydrogens (tertiary/aromatic N) is 5. The van der Waals surface area contributed by atoms with Crippen molar-refractivity contribution < 1.29 is 24.2 Å². The lowest BCUT2D eigenvalue weighted by atomic mass is 9.82. The second kappa shape index (κ2) is 13.3. The SMILES string of the molecule is C[C@@H]1[C@@H]([Si](C)(C)O)[C@H](CCn2cc(CCO)nn2)O[C@@]12C(=O)N(Cc1ccc(N3CCCCCCC3=O)cc1)c1ccc(Br)cc12. The quantitative estimate of drug-likeness (QED) is 0.289. The lowest BCUT2D eigenvalue weighted by Crippen LogP contribution is -2.46. The van der Waals surface area contributed by atoms with Crippen LogP contribution in [0, 0.1) is 5.92 Å². The monoisotopic (exact) mass is 709 g/mol. The van der Waals surface area contributed by atoms with Gasteiger partial charge in [0.25, 0.3) is 5.91 Å². The van der Waals surface area contributed by atoms with E-state index in [9.17, 15) is 19.5 Å². The van der Waals surface area contributed by atoms with E-state index in [1.165, 1.54) is 0 Å². The summed E-state index contributed by atoms with van der Waals surface area (Å²) >= 11 is 3.63. The number of hydrogen-bond donors (Lipinski definition) is 2. The molecule has 4 heterocycles. The second-order valence-corrected chi connectivity index (χ2v) is 18.4. The Hall–Kier alpha value is -2.90. The average molecular weight is 711 g/mol. The highest BCUT2D eigenvalue weighted by Gasteiger charge is 2.66. The van der Waals surface area contributed by atoms with Crippen molar-refractivity contribution in [3.05, 3.63) is 70.0 Å². The van der Waals surface area contributed by atoms with Gasteiger partial charge in [0.1, 0.15) is 0 Å². The molecule has 3 aliphatic heterocycles. The van der Waals surface area contributed by atoms with Gasteiger partial charge in [0.05, 0.1) is 24.0 Å². The lowest BCUT2D eigenvalue weighted by Gasteiger charge is -2.32. The summed E-state index contributed by atoms with van der Waals surface area (Å²) in [6.45, 7) is 7.52. The topological polar surface area (TPSA) is 121 Å². The van der Waals surface area contributed by atoms with E-state index < -0.39 is 13.9 Å². The largest absolute Gasteiger partial charge is 0.432 e. The van der Waals surface area contributed by atoms with E-state index >= 15 is 0 Å². The molecule has 0 saturated carbocycles. The minimum Gasteiger partial charge on any atom is -0.432 e. The smallest absolute Gasteiger partial charge is 0.264 e. The number of ether oxygens (including phenoxy) is 1. The molecule has 6 rings (SSSR count). The summed E-state index contributed by atoms with van der Waals surface area (Å²) in [5.74, 6) is -0.214. The van der Waals surface area contributed by atoms with E-state index in [0.29, 0.717) is 32.4 Å². The third-order valence-electron chi connectivity index (χ3n) is 9.95. The van der Waals surface area contributed by atoms with Gasteiger partial charge in [0, 0.05) is 65.9 Å². The van der Waals surface area contributed by atoms with Crippen molar-refractivity contribution >= 4 is 47.4 Å². The zero-order valence-electron chi connectivity index (χ0n) is 26.9. The van der Waals surface area contributed by atoms with Gasteiger partial charge in [-0.3, -0.25) is 14.3 Å². The van der Waals surface area contributed by atoms with Gasteiger partial charge in [-0.15, -0.1) is 5.10 Å². The molecular weight excluding hydrogens is 666 g/mol. The summed E-state index contributed by atoms with van der Waals surface area (Å²) in [7, 11) is -2.80. The summed E-state index contributed by atoms with van der Waals surface area (Å²) in [4.78, 5) is 42.8. The first-order valence-corrected chi connectivity index (χ1v) is 20.3. The number of aliphatic hydroxyl groups is 1. The van der Waals surface area contributed by atoms with Gasteiger partial charge in [0.15, 0.2) is 13.9 Å². The van der Waals surface area contributed by atoms with Crippen LogP contribution in [0.25, 0.3) is 0 Å². The van der Waals surface area contributed by atoms with Gasteiger partial charge < -0.3 is 24.4 Å². The molecule has 4 atom stereocenters. The summed E-state index contributed by atoms with van der Waals surface area (Å²) < 4.78 is 9.55. The van der Waals surface area contributed by atoms with E-state index in [0.717, 1.165) is 64.9 Å². The molecule has 0 radical (unpaired) electrons. The molecule has 10 nitrogen and oxygen atoms in total. The van der Waals surface area contributed by atoms with Crippen LogP contribution in [0.1, 0.15) is 62.3 Å². The molecule has 1 spiro atoms. The number of halogens is 1. The fourth-order valence-corrected chi connectivity index (χ4v) is 10.8. The number of fused-ring (bicyclic) bond motifs is 2. The number of aromatic nitrogens is 3. The highest BCUT2D eigenvalue weighted by molar-refractivity contribution is 9.10. The number of aliphatic hydroxyl groups excluding tert-OH is 1. The molecule has 2 N–H and O–H groups in total. The van der Waals surface area contributed by atoms with Crippen LogP contribution in [0.3, 0.4) is 0 Å². The summed E-state index contributed by atoms with van der Waals surface area (Å²) in [5.41, 5.74) is 2.77. The molecule has 46 heavy (non-hydrogen) atoms. The van der Waals surface area contributed by atoms with E-state index in [1.807, 2.05) is 78.5 Å². The van der Waals surface area contributed by atoms with Crippen LogP contribution in [0.2, 0.25) is 18.6 Å². The molecule has 2 saturated heterocycles. The third kappa shape index (κ3) is 6.22. The minimum absolute atomic E-state index is 0.00663. The Morgan fingerprint density at radius 1 is 1.09 bits per heavy atom. The Bertz CT molecular complexity index is 1580. The maximum atomic E-state index is 14.7. The molecule has 1 aromatic heterocycles. The number of anilines is 2. The summed E-state index contributed by atoms with van der Waals surface area (Å²) in [6.07, 6.45) is 7.22. The maximum absolute atomic E-state index is 14.7. The molecule has 0 unspecified atom stereocenters. The Kier molecular flexibility index (Phi) is 9.55. The van der Waals surface area contributed by atoms with E-state index in [-0.39, 0.29) is 36.0 Å². The van der Waals surface area contributed by atoms with Gasteiger partial charge in [-0.1, -0.05) is 53.0 Å². The van der Waals surface area contributed by atoms with Crippen molar-refractivity contribution in [3.63, 3.8) is 0 Å².